The highest BCUT2D eigenvalue weighted by molar-refractivity contribution is 5.91. The number of anilines is 1. The van der Waals surface area contributed by atoms with E-state index >= 15 is 0 Å². The molecule has 2 heterocycles. The Labute approximate surface area is 123 Å². The van der Waals surface area contributed by atoms with E-state index in [4.69, 9.17) is 5.73 Å². The lowest BCUT2D eigenvalue weighted by Gasteiger charge is -2.26. The average molecular weight is 280 g/mol. The second-order valence-electron chi connectivity index (χ2n) is 4.95. The standard InChI is InChI=1S/C16H16N4O/c17-16-18-10-13-8-9-20(11-14(13)19-16)15(21)7-6-12-4-2-1-3-5-12/h1-7,10H,8-9,11H2,(H2,17,18,19). The summed E-state index contributed by atoms with van der Waals surface area (Å²) in [6.07, 6.45) is 5.94. The fourth-order valence-electron chi connectivity index (χ4n) is 2.34. The SMILES string of the molecule is Nc1ncc2c(n1)CN(C(=O)C=Cc1ccccc1)CC2. The number of carbonyl (C=O) groups is 1. The summed E-state index contributed by atoms with van der Waals surface area (Å²) in [7, 11) is 0. The third-order valence-corrected chi connectivity index (χ3v) is 3.49. The molecule has 2 N–H and O–H groups in total. The first kappa shape index (κ1) is 13.3. The first-order valence-electron chi connectivity index (χ1n) is 6.85. The predicted molar refractivity (Wildman–Crippen MR) is 81.0 cm³/mol. The molecular weight excluding hydrogens is 264 g/mol. The number of nitrogens with two attached hydrogens (primary N) is 1. The van der Waals surface area contributed by atoms with Crippen molar-refractivity contribution in [3.8, 4) is 0 Å². The molecule has 5 heteroatoms. The number of hydrogen-bond acceptors (Lipinski definition) is 4. The number of benzene rings is 1. The maximum atomic E-state index is 12.2. The summed E-state index contributed by atoms with van der Waals surface area (Å²) in [4.78, 5) is 22.2. The lowest BCUT2D eigenvalue weighted by atomic mass is 10.1. The Kier molecular flexibility index (Phi) is 3.64. The summed E-state index contributed by atoms with van der Waals surface area (Å²) in [5, 5.41) is 0. The van der Waals surface area contributed by atoms with E-state index in [9.17, 15) is 4.79 Å². The summed E-state index contributed by atoms with van der Waals surface area (Å²) in [6.45, 7) is 1.16. The number of hydrogen-bond donors (Lipinski definition) is 1. The van der Waals surface area contributed by atoms with Gasteiger partial charge in [0.05, 0.1) is 12.2 Å². The quantitative estimate of drug-likeness (QED) is 0.849. The van der Waals surface area contributed by atoms with Crippen molar-refractivity contribution in [2.45, 2.75) is 13.0 Å². The molecule has 0 atom stereocenters. The van der Waals surface area contributed by atoms with Crippen LogP contribution in [0.3, 0.4) is 0 Å². The van der Waals surface area contributed by atoms with Gasteiger partial charge in [-0.25, -0.2) is 9.97 Å². The predicted octanol–water partition coefficient (Wildman–Crippen LogP) is 1.66. The van der Waals surface area contributed by atoms with E-state index in [-0.39, 0.29) is 11.9 Å². The van der Waals surface area contributed by atoms with Gasteiger partial charge in [0, 0.05) is 18.8 Å². The molecule has 1 aliphatic rings. The van der Waals surface area contributed by atoms with Crippen LogP contribution in [0.1, 0.15) is 16.8 Å². The molecule has 5 nitrogen and oxygen atoms in total. The van der Waals surface area contributed by atoms with Gasteiger partial charge in [-0.05, 0) is 23.6 Å². The second kappa shape index (κ2) is 5.75. The van der Waals surface area contributed by atoms with E-state index in [0.717, 1.165) is 23.2 Å². The fraction of sp³-hybridized carbons (Fsp3) is 0.188. The molecule has 2 aromatic rings. The monoisotopic (exact) mass is 280 g/mol. The van der Waals surface area contributed by atoms with Crippen LogP contribution in [-0.2, 0) is 17.8 Å². The van der Waals surface area contributed by atoms with Crippen molar-refractivity contribution >= 4 is 17.9 Å². The second-order valence-corrected chi connectivity index (χ2v) is 4.95. The Hall–Kier alpha value is -2.69. The topological polar surface area (TPSA) is 72.1 Å². The summed E-state index contributed by atoms with van der Waals surface area (Å²) in [5.41, 5.74) is 8.52. The van der Waals surface area contributed by atoms with Crippen molar-refractivity contribution < 1.29 is 4.79 Å². The Morgan fingerprint density at radius 1 is 1.29 bits per heavy atom. The minimum absolute atomic E-state index is 0.0123. The molecule has 0 bridgehead atoms. The van der Waals surface area contributed by atoms with Crippen molar-refractivity contribution in [1.82, 2.24) is 14.9 Å². The largest absolute Gasteiger partial charge is 0.368 e. The lowest BCUT2D eigenvalue weighted by molar-refractivity contribution is -0.126. The minimum atomic E-state index is -0.0123. The Balaban J connectivity index is 1.71. The number of rotatable bonds is 2. The normalized spacial score (nSPS) is 14.2. The van der Waals surface area contributed by atoms with Gasteiger partial charge in [0.25, 0.3) is 0 Å². The zero-order chi connectivity index (χ0) is 14.7. The van der Waals surface area contributed by atoms with Crippen LogP contribution in [0.15, 0.2) is 42.6 Å². The van der Waals surface area contributed by atoms with Crippen LogP contribution in [0.25, 0.3) is 6.08 Å². The van der Waals surface area contributed by atoms with Gasteiger partial charge in [-0.2, -0.15) is 0 Å². The van der Waals surface area contributed by atoms with E-state index in [2.05, 4.69) is 9.97 Å². The number of nitrogens with zero attached hydrogens (tertiary/aromatic N) is 3. The van der Waals surface area contributed by atoms with Crippen molar-refractivity contribution in [3.63, 3.8) is 0 Å². The highest BCUT2D eigenvalue weighted by Crippen LogP contribution is 2.17. The molecule has 1 aromatic heterocycles. The van der Waals surface area contributed by atoms with E-state index in [0.29, 0.717) is 13.1 Å². The number of fused-ring (bicyclic) bond motifs is 1. The molecule has 3 rings (SSSR count). The molecule has 0 spiro atoms. The summed E-state index contributed by atoms with van der Waals surface area (Å²) in [5.74, 6) is 0.240. The first-order chi connectivity index (χ1) is 10.2. The third kappa shape index (κ3) is 3.08. The molecule has 1 amide bonds. The van der Waals surface area contributed by atoms with Crippen molar-refractivity contribution in [2.24, 2.45) is 0 Å². The van der Waals surface area contributed by atoms with Crippen LogP contribution in [0.2, 0.25) is 0 Å². The van der Waals surface area contributed by atoms with Gasteiger partial charge in [-0.3, -0.25) is 4.79 Å². The number of aromatic nitrogens is 2. The van der Waals surface area contributed by atoms with Gasteiger partial charge in [0.15, 0.2) is 0 Å². The lowest BCUT2D eigenvalue weighted by Crippen LogP contribution is -2.35. The van der Waals surface area contributed by atoms with Crippen molar-refractivity contribution in [1.29, 1.82) is 0 Å². The van der Waals surface area contributed by atoms with Crippen molar-refractivity contribution in [3.05, 3.63) is 59.4 Å². The molecule has 0 fully saturated rings. The van der Waals surface area contributed by atoms with Gasteiger partial charge in [-0.15, -0.1) is 0 Å². The van der Waals surface area contributed by atoms with Gasteiger partial charge >= 0.3 is 0 Å². The highest BCUT2D eigenvalue weighted by atomic mass is 16.2. The third-order valence-electron chi connectivity index (χ3n) is 3.49. The Morgan fingerprint density at radius 3 is 2.90 bits per heavy atom. The van der Waals surface area contributed by atoms with Crippen LogP contribution in [-0.4, -0.2) is 27.3 Å². The molecule has 0 saturated carbocycles. The number of nitrogen functional groups attached to an aromatic ring is 1. The van der Waals surface area contributed by atoms with E-state index in [1.54, 1.807) is 17.2 Å². The smallest absolute Gasteiger partial charge is 0.246 e. The zero-order valence-corrected chi connectivity index (χ0v) is 11.6. The molecule has 1 aliphatic heterocycles. The van der Waals surface area contributed by atoms with E-state index in [1.807, 2.05) is 36.4 Å². The molecular formula is C16H16N4O. The fourth-order valence-corrected chi connectivity index (χ4v) is 2.34. The summed E-state index contributed by atoms with van der Waals surface area (Å²) in [6, 6.07) is 9.76. The molecule has 1 aromatic carbocycles. The molecule has 0 radical (unpaired) electrons. The molecule has 0 saturated heterocycles. The molecule has 106 valence electrons. The van der Waals surface area contributed by atoms with Crippen LogP contribution in [0.5, 0.6) is 0 Å². The van der Waals surface area contributed by atoms with Gasteiger partial charge in [0.1, 0.15) is 0 Å². The number of carbonyl (C=O) groups excluding carboxylic acids is 1. The maximum absolute atomic E-state index is 12.2. The van der Waals surface area contributed by atoms with Crippen LogP contribution in [0.4, 0.5) is 5.95 Å². The summed E-state index contributed by atoms with van der Waals surface area (Å²) < 4.78 is 0. The number of amides is 1. The summed E-state index contributed by atoms with van der Waals surface area (Å²) >= 11 is 0. The highest BCUT2D eigenvalue weighted by Gasteiger charge is 2.20. The van der Waals surface area contributed by atoms with Crippen molar-refractivity contribution in [2.75, 3.05) is 12.3 Å². The zero-order valence-electron chi connectivity index (χ0n) is 11.6. The van der Waals surface area contributed by atoms with Crippen LogP contribution < -0.4 is 5.73 Å². The van der Waals surface area contributed by atoms with Gasteiger partial charge in [0.2, 0.25) is 11.9 Å². The van der Waals surface area contributed by atoms with Crippen LogP contribution in [0, 0.1) is 0 Å². The van der Waals surface area contributed by atoms with E-state index in [1.165, 1.54) is 0 Å². The van der Waals surface area contributed by atoms with E-state index < -0.39 is 0 Å². The molecule has 0 aliphatic carbocycles. The minimum Gasteiger partial charge on any atom is -0.368 e. The van der Waals surface area contributed by atoms with Gasteiger partial charge in [-0.1, -0.05) is 30.3 Å². The Bertz CT molecular complexity index is 682. The first-order valence-corrected chi connectivity index (χ1v) is 6.85. The maximum Gasteiger partial charge on any atom is 0.246 e. The molecule has 0 unspecified atom stereocenters. The molecule has 21 heavy (non-hydrogen) atoms. The Morgan fingerprint density at radius 2 is 2.10 bits per heavy atom. The van der Waals surface area contributed by atoms with Gasteiger partial charge < -0.3 is 10.6 Å². The van der Waals surface area contributed by atoms with Crippen LogP contribution >= 0.6 is 0 Å². The average Bonchev–Trinajstić information content (AvgIpc) is 2.53.